The molecule has 2 rings (SSSR count). The monoisotopic (exact) mass is 231 g/mol. The second-order valence-electron chi connectivity index (χ2n) is 4.08. The minimum Gasteiger partial charge on any atom is -0.507 e. The maximum atomic E-state index is 13.1. The number of phenolic OH excluding ortho intramolecular Hbond substituents is 1. The van der Waals surface area contributed by atoms with Gasteiger partial charge in [-0.25, -0.2) is 4.39 Å². The summed E-state index contributed by atoms with van der Waals surface area (Å²) >= 11 is 0. The summed E-state index contributed by atoms with van der Waals surface area (Å²) in [7, 11) is 0. The summed E-state index contributed by atoms with van der Waals surface area (Å²) in [6, 6.07) is 11.1. The third-order valence-corrected chi connectivity index (χ3v) is 2.68. The van der Waals surface area contributed by atoms with Gasteiger partial charge in [-0.3, -0.25) is 0 Å². The summed E-state index contributed by atoms with van der Waals surface area (Å²) in [5.74, 6) is -0.201. The van der Waals surface area contributed by atoms with Gasteiger partial charge in [-0.2, -0.15) is 0 Å². The van der Waals surface area contributed by atoms with Crippen LogP contribution >= 0.6 is 0 Å². The van der Waals surface area contributed by atoms with Gasteiger partial charge in [0, 0.05) is 11.6 Å². The zero-order valence-electron chi connectivity index (χ0n) is 9.52. The zero-order chi connectivity index (χ0) is 12.4. The van der Waals surface area contributed by atoms with E-state index >= 15 is 0 Å². The number of hydrogen-bond donors (Lipinski definition) is 2. The smallest absolute Gasteiger partial charge is 0.123 e. The third-order valence-electron chi connectivity index (χ3n) is 2.68. The van der Waals surface area contributed by atoms with E-state index in [0.29, 0.717) is 11.1 Å². The Bertz CT molecular complexity index is 537. The topological polar surface area (TPSA) is 46.2 Å². The predicted molar refractivity (Wildman–Crippen MR) is 66.1 cm³/mol. The SMILES string of the molecule is CC(N)c1ccc(O)c(-c2cccc(F)c2)c1. The molecule has 0 saturated carbocycles. The number of hydrogen-bond acceptors (Lipinski definition) is 2. The van der Waals surface area contributed by atoms with Gasteiger partial charge in [-0.1, -0.05) is 18.2 Å². The van der Waals surface area contributed by atoms with E-state index in [1.165, 1.54) is 12.1 Å². The maximum Gasteiger partial charge on any atom is 0.123 e. The van der Waals surface area contributed by atoms with Gasteiger partial charge in [0.2, 0.25) is 0 Å². The highest BCUT2D eigenvalue weighted by Crippen LogP contribution is 2.31. The molecule has 0 amide bonds. The average Bonchev–Trinajstić information content (AvgIpc) is 2.29. The van der Waals surface area contributed by atoms with Gasteiger partial charge in [-0.15, -0.1) is 0 Å². The Balaban J connectivity index is 2.54. The summed E-state index contributed by atoms with van der Waals surface area (Å²) in [5.41, 5.74) is 7.93. The fourth-order valence-corrected chi connectivity index (χ4v) is 1.72. The molecular formula is C14H14FNO. The van der Waals surface area contributed by atoms with E-state index in [2.05, 4.69) is 0 Å². The molecule has 2 aromatic rings. The van der Waals surface area contributed by atoms with E-state index in [4.69, 9.17) is 5.73 Å². The number of aromatic hydroxyl groups is 1. The molecule has 88 valence electrons. The van der Waals surface area contributed by atoms with Crippen molar-refractivity contribution in [3.8, 4) is 16.9 Å². The second-order valence-corrected chi connectivity index (χ2v) is 4.08. The lowest BCUT2D eigenvalue weighted by Crippen LogP contribution is -2.04. The van der Waals surface area contributed by atoms with E-state index in [9.17, 15) is 9.50 Å². The van der Waals surface area contributed by atoms with Crippen molar-refractivity contribution in [1.82, 2.24) is 0 Å². The zero-order valence-corrected chi connectivity index (χ0v) is 9.52. The van der Waals surface area contributed by atoms with Crippen LogP contribution in [0.4, 0.5) is 4.39 Å². The van der Waals surface area contributed by atoms with E-state index in [0.717, 1.165) is 5.56 Å². The van der Waals surface area contributed by atoms with Crippen molar-refractivity contribution in [1.29, 1.82) is 0 Å². The Hall–Kier alpha value is -1.87. The lowest BCUT2D eigenvalue weighted by molar-refractivity contribution is 0.477. The number of phenols is 1. The van der Waals surface area contributed by atoms with Crippen molar-refractivity contribution in [2.45, 2.75) is 13.0 Å². The van der Waals surface area contributed by atoms with Crippen LogP contribution in [0.15, 0.2) is 42.5 Å². The average molecular weight is 231 g/mol. The minimum atomic E-state index is -0.326. The fraction of sp³-hybridized carbons (Fsp3) is 0.143. The summed E-state index contributed by atoms with van der Waals surface area (Å²) in [5, 5.41) is 9.80. The Kier molecular flexibility index (Phi) is 3.11. The van der Waals surface area contributed by atoms with Crippen LogP contribution in [0.5, 0.6) is 5.75 Å². The molecule has 0 aliphatic carbocycles. The molecule has 3 N–H and O–H groups in total. The highest BCUT2D eigenvalue weighted by atomic mass is 19.1. The molecule has 0 aliphatic rings. The Morgan fingerprint density at radius 1 is 1.18 bits per heavy atom. The molecule has 0 heterocycles. The molecule has 1 atom stereocenters. The number of benzene rings is 2. The highest BCUT2D eigenvalue weighted by Gasteiger charge is 2.08. The molecule has 0 spiro atoms. The molecule has 0 aromatic heterocycles. The van der Waals surface area contributed by atoms with Gasteiger partial charge in [0.1, 0.15) is 11.6 Å². The lowest BCUT2D eigenvalue weighted by atomic mass is 9.99. The van der Waals surface area contributed by atoms with Crippen LogP contribution in [0.2, 0.25) is 0 Å². The molecule has 0 aliphatic heterocycles. The van der Waals surface area contributed by atoms with Gasteiger partial charge in [0.05, 0.1) is 0 Å². The summed E-state index contributed by atoms with van der Waals surface area (Å²) in [4.78, 5) is 0. The highest BCUT2D eigenvalue weighted by molar-refractivity contribution is 5.70. The van der Waals surface area contributed by atoms with Crippen LogP contribution in [0.25, 0.3) is 11.1 Å². The third kappa shape index (κ3) is 2.45. The molecule has 1 unspecified atom stereocenters. The summed E-state index contributed by atoms with van der Waals surface area (Å²) < 4.78 is 13.1. The first kappa shape index (κ1) is 11.6. The Morgan fingerprint density at radius 2 is 1.94 bits per heavy atom. The van der Waals surface area contributed by atoms with Crippen molar-refractivity contribution in [2.24, 2.45) is 5.73 Å². The number of halogens is 1. The quantitative estimate of drug-likeness (QED) is 0.833. The molecule has 0 fully saturated rings. The molecule has 2 aromatic carbocycles. The molecule has 0 radical (unpaired) electrons. The van der Waals surface area contributed by atoms with Crippen molar-refractivity contribution >= 4 is 0 Å². The first-order chi connectivity index (χ1) is 8.08. The van der Waals surface area contributed by atoms with E-state index < -0.39 is 0 Å². The van der Waals surface area contributed by atoms with Crippen molar-refractivity contribution in [3.05, 3.63) is 53.8 Å². The fourth-order valence-electron chi connectivity index (χ4n) is 1.72. The van der Waals surface area contributed by atoms with E-state index in [1.54, 1.807) is 30.3 Å². The minimum absolute atomic E-state index is 0.122. The standard InChI is InChI=1S/C14H14FNO/c1-9(16)10-5-6-14(17)13(8-10)11-3-2-4-12(15)7-11/h2-9,17H,16H2,1H3. The molecular weight excluding hydrogens is 217 g/mol. The van der Waals surface area contributed by atoms with Gasteiger partial charge >= 0.3 is 0 Å². The van der Waals surface area contributed by atoms with Gasteiger partial charge in [0.25, 0.3) is 0 Å². The maximum absolute atomic E-state index is 13.1. The van der Waals surface area contributed by atoms with Crippen LogP contribution < -0.4 is 5.73 Å². The first-order valence-electron chi connectivity index (χ1n) is 5.42. The number of nitrogens with two attached hydrogens (primary N) is 1. The van der Waals surface area contributed by atoms with E-state index in [-0.39, 0.29) is 17.6 Å². The van der Waals surface area contributed by atoms with Gasteiger partial charge in [-0.05, 0) is 42.3 Å². The summed E-state index contributed by atoms with van der Waals surface area (Å²) in [6.07, 6.45) is 0. The van der Waals surface area contributed by atoms with Crippen LogP contribution in [0.3, 0.4) is 0 Å². The van der Waals surface area contributed by atoms with Gasteiger partial charge < -0.3 is 10.8 Å². The van der Waals surface area contributed by atoms with Crippen molar-refractivity contribution in [3.63, 3.8) is 0 Å². The predicted octanol–water partition coefficient (Wildman–Crippen LogP) is 3.22. The second kappa shape index (κ2) is 4.55. The lowest BCUT2D eigenvalue weighted by Gasteiger charge is -2.10. The normalized spacial score (nSPS) is 12.4. The summed E-state index contributed by atoms with van der Waals surface area (Å²) in [6.45, 7) is 1.86. The van der Waals surface area contributed by atoms with Crippen LogP contribution in [0, 0.1) is 5.82 Å². The molecule has 3 heteroatoms. The van der Waals surface area contributed by atoms with Crippen LogP contribution in [-0.2, 0) is 0 Å². The van der Waals surface area contributed by atoms with Gasteiger partial charge in [0.15, 0.2) is 0 Å². The largest absolute Gasteiger partial charge is 0.507 e. The van der Waals surface area contributed by atoms with Crippen molar-refractivity contribution in [2.75, 3.05) is 0 Å². The van der Waals surface area contributed by atoms with Crippen LogP contribution in [0.1, 0.15) is 18.5 Å². The van der Waals surface area contributed by atoms with Crippen LogP contribution in [-0.4, -0.2) is 5.11 Å². The van der Waals surface area contributed by atoms with E-state index in [1.807, 2.05) is 6.92 Å². The number of rotatable bonds is 2. The molecule has 0 bridgehead atoms. The molecule has 0 saturated heterocycles. The van der Waals surface area contributed by atoms with Crippen molar-refractivity contribution < 1.29 is 9.50 Å². The Morgan fingerprint density at radius 3 is 2.59 bits per heavy atom. The molecule has 2 nitrogen and oxygen atoms in total. The molecule has 17 heavy (non-hydrogen) atoms. The Labute approximate surface area is 99.5 Å². The first-order valence-corrected chi connectivity index (χ1v) is 5.42.